The molecule has 0 radical (unpaired) electrons. The average Bonchev–Trinajstić information content (AvgIpc) is 2.16. The number of allylic oxidation sites excluding steroid dienone is 2. The molecule has 0 saturated heterocycles. The van der Waals surface area contributed by atoms with Crippen LogP contribution in [0.2, 0.25) is 0 Å². The zero-order valence-corrected chi connectivity index (χ0v) is 6.43. The summed E-state index contributed by atoms with van der Waals surface area (Å²) in [6.07, 6.45) is 5.13. The molecule has 0 aromatic rings. The predicted molar refractivity (Wildman–Crippen MR) is 38.1 cm³/mol. The van der Waals surface area contributed by atoms with E-state index in [0.717, 1.165) is 0 Å². The highest BCUT2D eigenvalue weighted by Crippen LogP contribution is 2.49. The van der Waals surface area contributed by atoms with E-state index in [1.807, 2.05) is 19.1 Å². The first-order valence-corrected chi connectivity index (χ1v) is 5.14. The molecule has 0 aromatic carbocycles. The lowest BCUT2D eigenvalue weighted by atomic mass is 10.6. The van der Waals surface area contributed by atoms with E-state index in [2.05, 4.69) is 0 Å². The van der Waals surface area contributed by atoms with Gasteiger partial charge in [0.15, 0.2) is 0 Å². The van der Waals surface area contributed by atoms with Gasteiger partial charge in [-0.3, -0.25) is 4.57 Å². The van der Waals surface area contributed by atoms with Crippen LogP contribution >= 0.6 is 7.37 Å². The molecule has 52 valence electrons. The molecule has 0 unspecified atom stereocenters. The molecule has 0 fully saturated rings. The minimum atomic E-state index is -2.18. The highest BCUT2D eigenvalue weighted by Gasteiger charge is 2.22. The van der Waals surface area contributed by atoms with Crippen LogP contribution < -0.4 is 0 Å². The van der Waals surface area contributed by atoms with E-state index in [9.17, 15) is 4.57 Å². The van der Waals surface area contributed by atoms with Crippen LogP contribution in [0.3, 0.4) is 0 Å². The minimum Gasteiger partial charge on any atom is -0.328 e. The van der Waals surface area contributed by atoms with Gasteiger partial charge in [-0.2, -0.15) is 0 Å². The Morgan fingerprint density at radius 3 is 2.56 bits per heavy atom. The first-order chi connectivity index (χ1) is 4.27. The maximum absolute atomic E-state index is 11.3. The van der Waals surface area contributed by atoms with E-state index in [-0.39, 0.29) is 0 Å². The molecule has 0 spiro atoms. The molecule has 0 aliphatic carbocycles. The molecule has 1 aliphatic heterocycles. The molecule has 2 nitrogen and oxygen atoms in total. The lowest BCUT2D eigenvalue weighted by molar-refractivity contribution is 0.338. The van der Waals surface area contributed by atoms with Gasteiger partial charge in [0, 0.05) is 12.3 Å². The van der Waals surface area contributed by atoms with Gasteiger partial charge in [-0.25, -0.2) is 0 Å². The zero-order valence-electron chi connectivity index (χ0n) is 5.54. The summed E-state index contributed by atoms with van der Waals surface area (Å²) in [6.45, 7) is 2.44. The maximum Gasteiger partial charge on any atom is 0.210 e. The third kappa shape index (κ3) is 1.67. The predicted octanol–water partition coefficient (Wildman–Crippen LogP) is 1.87. The van der Waals surface area contributed by atoms with E-state index in [1.54, 1.807) is 0 Å². The van der Waals surface area contributed by atoms with Crippen molar-refractivity contribution in [2.24, 2.45) is 0 Å². The number of rotatable bonds is 2. The van der Waals surface area contributed by atoms with Gasteiger partial charge in [-0.15, -0.1) is 0 Å². The second-order valence-electron chi connectivity index (χ2n) is 2.07. The van der Waals surface area contributed by atoms with E-state index in [4.69, 9.17) is 4.52 Å². The summed E-state index contributed by atoms with van der Waals surface area (Å²) in [4.78, 5) is 0. The van der Waals surface area contributed by atoms with E-state index in [0.29, 0.717) is 18.9 Å². The molecule has 0 saturated carbocycles. The summed E-state index contributed by atoms with van der Waals surface area (Å²) in [5.74, 6) is 0. The van der Waals surface area contributed by atoms with Crippen molar-refractivity contribution in [2.75, 3.05) is 18.9 Å². The smallest absolute Gasteiger partial charge is 0.210 e. The van der Waals surface area contributed by atoms with Crippen molar-refractivity contribution in [3.8, 4) is 0 Å². The van der Waals surface area contributed by atoms with E-state index in [1.165, 1.54) is 0 Å². The Kier molecular flexibility index (Phi) is 2.09. The molecule has 9 heavy (non-hydrogen) atoms. The van der Waals surface area contributed by atoms with Crippen LogP contribution in [0.25, 0.3) is 0 Å². The van der Waals surface area contributed by atoms with Crippen molar-refractivity contribution in [3.05, 3.63) is 12.2 Å². The second kappa shape index (κ2) is 2.68. The SMILES string of the molecule is CCOP1(=O)CC=CC1. The van der Waals surface area contributed by atoms with Gasteiger partial charge >= 0.3 is 0 Å². The maximum atomic E-state index is 11.3. The molecule has 0 N–H and O–H groups in total. The molecule has 0 atom stereocenters. The minimum absolute atomic E-state index is 0.568. The molecule has 1 aliphatic rings. The van der Waals surface area contributed by atoms with Crippen molar-refractivity contribution in [3.63, 3.8) is 0 Å². The van der Waals surface area contributed by atoms with E-state index >= 15 is 0 Å². The average molecular weight is 146 g/mol. The zero-order chi connectivity index (χ0) is 6.74. The van der Waals surface area contributed by atoms with Crippen LogP contribution in [0, 0.1) is 0 Å². The molecular weight excluding hydrogens is 135 g/mol. The second-order valence-corrected chi connectivity index (χ2v) is 4.69. The first kappa shape index (κ1) is 7.04. The lowest BCUT2D eigenvalue weighted by Crippen LogP contribution is -1.90. The van der Waals surface area contributed by atoms with Gasteiger partial charge in [0.1, 0.15) is 0 Å². The monoisotopic (exact) mass is 146 g/mol. The largest absolute Gasteiger partial charge is 0.328 e. The molecule has 0 amide bonds. The van der Waals surface area contributed by atoms with Crippen LogP contribution in [0.5, 0.6) is 0 Å². The summed E-state index contributed by atoms with van der Waals surface area (Å²) < 4.78 is 16.4. The van der Waals surface area contributed by atoms with Crippen LogP contribution in [-0.4, -0.2) is 18.9 Å². The van der Waals surface area contributed by atoms with Crippen LogP contribution in [0.1, 0.15) is 6.92 Å². The molecule has 3 heteroatoms. The summed E-state index contributed by atoms with van der Waals surface area (Å²) >= 11 is 0. The summed E-state index contributed by atoms with van der Waals surface area (Å²) in [6, 6.07) is 0. The molecule has 0 bridgehead atoms. The van der Waals surface area contributed by atoms with E-state index < -0.39 is 7.37 Å². The van der Waals surface area contributed by atoms with Gasteiger partial charge in [0.2, 0.25) is 7.37 Å². The summed E-state index contributed by atoms with van der Waals surface area (Å²) in [5, 5.41) is 0. The van der Waals surface area contributed by atoms with Gasteiger partial charge in [-0.1, -0.05) is 12.2 Å². The third-order valence-corrected chi connectivity index (χ3v) is 3.56. The van der Waals surface area contributed by atoms with Crippen molar-refractivity contribution in [2.45, 2.75) is 6.92 Å². The Bertz CT molecular complexity index is 150. The standard InChI is InChI=1S/C6H11O2P/c1-2-8-9(7)5-3-4-6-9/h3-4H,2,5-6H2,1H3. The van der Waals surface area contributed by atoms with Gasteiger partial charge in [0.25, 0.3) is 0 Å². The Hall–Kier alpha value is -0.0700. The molecule has 1 rings (SSSR count). The van der Waals surface area contributed by atoms with Crippen LogP contribution in [0.15, 0.2) is 12.2 Å². The Morgan fingerprint density at radius 2 is 2.11 bits per heavy atom. The fourth-order valence-corrected chi connectivity index (χ4v) is 2.66. The van der Waals surface area contributed by atoms with Crippen LogP contribution in [0.4, 0.5) is 0 Å². The summed E-state index contributed by atoms with van der Waals surface area (Å²) in [5.41, 5.74) is 0. The van der Waals surface area contributed by atoms with Crippen molar-refractivity contribution >= 4 is 7.37 Å². The Balaban J connectivity index is 2.46. The summed E-state index contributed by atoms with van der Waals surface area (Å²) in [7, 11) is -2.18. The quantitative estimate of drug-likeness (QED) is 0.439. The Labute approximate surface area is 55.4 Å². The molecular formula is C6H11O2P. The fourth-order valence-electron chi connectivity index (χ4n) is 0.885. The van der Waals surface area contributed by atoms with Crippen molar-refractivity contribution < 1.29 is 9.09 Å². The normalized spacial score (nSPS) is 22.8. The Morgan fingerprint density at radius 1 is 1.56 bits per heavy atom. The number of hydrogen-bond donors (Lipinski definition) is 0. The van der Waals surface area contributed by atoms with Crippen molar-refractivity contribution in [1.29, 1.82) is 0 Å². The highest BCUT2D eigenvalue weighted by molar-refractivity contribution is 7.59. The van der Waals surface area contributed by atoms with Gasteiger partial charge < -0.3 is 4.52 Å². The van der Waals surface area contributed by atoms with Gasteiger partial charge in [0.05, 0.1) is 6.61 Å². The lowest BCUT2D eigenvalue weighted by Gasteiger charge is -2.08. The highest BCUT2D eigenvalue weighted by atomic mass is 31.2. The first-order valence-electron chi connectivity index (χ1n) is 3.14. The van der Waals surface area contributed by atoms with Gasteiger partial charge in [-0.05, 0) is 6.92 Å². The fraction of sp³-hybridized carbons (Fsp3) is 0.667. The molecule has 1 heterocycles. The van der Waals surface area contributed by atoms with Crippen molar-refractivity contribution in [1.82, 2.24) is 0 Å². The third-order valence-electron chi connectivity index (χ3n) is 1.30. The number of hydrogen-bond acceptors (Lipinski definition) is 2. The van der Waals surface area contributed by atoms with Crippen LogP contribution in [-0.2, 0) is 9.09 Å². The topological polar surface area (TPSA) is 26.3 Å². The molecule has 0 aromatic heterocycles.